The van der Waals surface area contributed by atoms with E-state index in [0.29, 0.717) is 12.6 Å². The Bertz CT molecular complexity index is 614. The highest BCUT2D eigenvalue weighted by molar-refractivity contribution is 7.00. The highest BCUT2D eigenvalue weighted by Gasteiger charge is 2.18. The predicted octanol–water partition coefficient (Wildman–Crippen LogP) is 0.923. The molecule has 1 fully saturated rings. The second-order valence-corrected chi connectivity index (χ2v) is 5.60. The number of benzene rings is 1. The molecule has 1 unspecified atom stereocenters. The third-order valence-electron chi connectivity index (χ3n) is 3.38. The molecule has 1 aliphatic heterocycles. The Morgan fingerprint density at radius 2 is 2.45 bits per heavy atom. The molecule has 0 aliphatic carbocycles. The predicted molar refractivity (Wildman–Crippen MR) is 79.9 cm³/mol. The van der Waals surface area contributed by atoms with E-state index in [0.717, 1.165) is 48.1 Å². The summed E-state index contributed by atoms with van der Waals surface area (Å²) in [6, 6.07) is 6.07. The second-order valence-electron chi connectivity index (χ2n) is 5.08. The summed E-state index contributed by atoms with van der Waals surface area (Å²) >= 11 is 1.16. The lowest BCUT2D eigenvalue weighted by Gasteiger charge is -2.31. The lowest BCUT2D eigenvalue weighted by molar-refractivity contribution is -0.117. The van der Waals surface area contributed by atoms with Crippen molar-refractivity contribution in [1.82, 2.24) is 19.0 Å². The zero-order valence-electron chi connectivity index (χ0n) is 11.3. The molecule has 7 heteroatoms. The van der Waals surface area contributed by atoms with Gasteiger partial charge in [-0.2, -0.15) is 8.75 Å². The number of piperazine rings is 1. The number of rotatable bonds is 3. The number of nitrogens with one attached hydrogen (secondary N) is 2. The largest absolute Gasteiger partial charge is 0.323 e. The number of anilines is 1. The zero-order chi connectivity index (χ0) is 13.9. The van der Waals surface area contributed by atoms with Crippen molar-refractivity contribution < 1.29 is 4.79 Å². The van der Waals surface area contributed by atoms with Crippen LogP contribution in [-0.2, 0) is 4.79 Å². The average Bonchev–Trinajstić information content (AvgIpc) is 2.88. The minimum Gasteiger partial charge on any atom is -0.323 e. The van der Waals surface area contributed by atoms with Crippen molar-refractivity contribution >= 4 is 34.4 Å². The summed E-state index contributed by atoms with van der Waals surface area (Å²) in [6.07, 6.45) is 0. The quantitative estimate of drug-likeness (QED) is 0.880. The Hall–Kier alpha value is -1.57. The first-order valence-corrected chi connectivity index (χ1v) is 7.42. The Labute approximate surface area is 121 Å². The van der Waals surface area contributed by atoms with Gasteiger partial charge in [-0.3, -0.25) is 9.69 Å². The van der Waals surface area contributed by atoms with Gasteiger partial charge in [-0.1, -0.05) is 6.07 Å². The molecule has 1 atom stereocenters. The summed E-state index contributed by atoms with van der Waals surface area (Å²) in [5.74, 6) is -0.000370. The van der Waals surface area contributed by atoms with Crippen LogP contribution in [0.25, 0.3) is 11.0 Å². The summed E-state index contributed by atoms with van der Waals surface area (Å²) in [5.41, 5.74) is 2.33. The van der Waals surface area contributed by atoms with Crippen molar-refractivity contribution in [3.05, 3.63) is 18.2 Å². The van der Waals surface area contributed by atoms with Crippen LogP contribution < -0.4 is 10.6 Å². The summed E-state index contributed by atoms with van der Waals surface area (Å²) in [4.78, 5) is 14.3. The Balaban J connectivity index is 1.65. The fourth-order valence-electron chi connectivity index (χ4n) is 2.46. The monoisotopic (exact) mass is 291 g/mol. The van der Waals surface area contributed by atoms with Crippen LogP contribution in [0.15, 0.2) is 18.2 Å². The summed E-state index contributed by atoms with van der Waals surface area (Å²) in [6.45, 7) is 5.28. The van der Waals surface area contributed by atoms with E-state index in [1.807, 2.05) is 18.2 Å². The molecule has 3 rings (SSSR count). The van der Waals surface area contributed by atoms with Gasteiger partial charge in [0.2, 0.25) is 5.91 Å². The van der Waals surface area contributed by atoms with Gasteiger partial charge < -0.3 is 10.6 Å². The van der Waals surface area contributed by atoms with E-state index in [4.69, 9.17) is 0 Å². The van der Waals surface area contributed by atoms with Gasteiger partial charge in [-0.05, 0) is 19.1 Å². The summed E-state index contributed by atoms with van der Waals surface area (Å²) in [7, 11) is 0. The smallest absolute Gasteiger partial charge is 0.238 e. The minimum absolute atomic E-state index is 0.000370. The van der Waals surface area contributed by atoms with E-state index in [2.05, 4.69) is 31.2 Å². The Kier molecular flexibility index (Phi) is 3.90. The lowest BCUT2D eigenvalue weighted by Crippen LogP contribution is -2.51. The average molecular weight is 291 g/mol. The number of fused-ring (bicyclic) bond motifs is 1. The zero-order valence-corrected chi connectivity index (χ0v) is 12.1. The van der Waals surface area contributed by atoms with Crippen molar-refractivity contribution in [1.29, 1.82) is 0 Å². The first-order chi connectivity index (χ1) is 9.72. The molecule has 20 heavy (non-hydrogen) atoms. The van der Waals surface area contributed by atoms with Crippen molar-refractivity contribution in [3.8, 4) is 0 Å². The highest BCUT2D eigenvalue weighted by Crippen LogP contribution is 2.20. The van der Waals surface area contributed by atoms with Gasteiger partial charge in [0.05, 0.1) is 24.0 Å². The van der Waals surface area contributed by atoms with E-state index < -0.39 is 0 Å². The van der Waals surface area contributed by atoms with Crippen LogP contribution in [-0.4, -0.2) is 51.8 Å². The number of aromatic nitrogens is 2. The number of nitrogens with zero attached hydrogens (tertiary/aromatic N) is 3. The number of hydrogen-bond donors (Lipinski definition) is 2. The van der Waals surface area contributed by atoms with Crippen LogP contribution in [0.3, 0.4) is 0 Å². The van der Waals surface area contributed by atoms with Gasteiger partial charge in [0.25, 0.3) is 0 Å². The van der Waals surface area contributed by atoms with Crippen LogP contribution in [0.4, 0.5) is 5.69 Å². The highest BCUT2D eigenvalue weighted by atomic mass is 32.1. The maximum absolute atomic E-state index is 12.1. The van der Waals surface area contributed by atoms with Crippen LogP contribution in [0.5, 0.6) is 0 Å². The Morgan fingerprint density at radius 1 is 1.55 bits per heavy atom. The molecule has 2 heterocycles. The minimum atomic E-state index is -0.000370. The van der Waals surface area contributed by atoms with Crippen LogP contribution >= 0.6 is 11.7 Å². The molecule has 6 nitrogen and oxygen atoms in total. The first-order valence-electron chi connectivity index (χ1n) is 6.69. The molecule has 0 spiro atoms. The van der Waals surface area contributed by atoms with Crippen molar-refractivity contribution in [2.45, 2.75) is 13.0 Å². The Morgan fingerprint density at radius 3 is 3.30 bits per heavy atom. The van der Waals surface area contributed by atoms with E-state index in [-0.39, 0.29) is 5.91 Å². The molecule has 0 saturated carbocycles. The SMILES string of the molecule is CC1CN(CC(=O)Nc2cccc3nsnc23)CCN1. The van der Waals surface area contributed by atoms with Crippen LogP contribution in [0.1, 0.15) is 6.92 Å². The van der Waals surface area contributed by atoms with Crippen molar-refractivity contribution in [2.24, 2.45) is 0 Å². The number of amides is 1. The molecular weight excluding hydrogens is 274 g/mol. The third-order valence-corrected chi connectivity index (χ3v) is 3.92. The van der Waals surface area contributed by atoms with E-state index in [1.165, 1.54) is 0 Å². The van der Waals surface area contributed by atoms with Crippen molar-refractivity contribution in [2.75, 3.05) is 31.5 Å². The van der Waals surface area contributed by atoms with E-state index in [1.54, 1.807) is 0 Å². The summed E-state index contributed by atoms with van der Waals surface area (Å²) in [5, 5.41) is 6.30. The molecule has 1 aromatic carbocycles. The standard InChI is InChI=1S/C13H17N5OS/c1-9-7-18(6-5-14-9)8-12(19)15-10-3-2-4-11-13(10)17-20-16-11/h2-4,9,14H,5-8H2,1H3,(H,15,19). The van der Waals surface area contributed by atoms with Crippen molar-refractivity contribution in [3.63, 3.8) is 0 Å². The lowest BCUT2D eigenvalue weighted by atomic mass is 10.2. The maximum atomic E-state index is 12.1. The molecule has 106 valence electrons. The number of carbonyl (C=O) groups is 1. The molecular formula is C13H17N5OS. The molecule has 1 saturated heterocycles. The van der Waals surface area contributed by atoms with Gasteiger partial charge in [0.1, 0.15) is 11.0 Å². The second kappa shape index (κ2) is 5.82. The van der Waals surface area contributed by atoms with E-state index >= 15 is 0 Å². The summed E-state index contributed by atoms with van der Waals surface area (Å²) < 4.78 is 8.40. The molecule has 1 aliphatic rings. The van der Waals surface area contributed by atoms with Gasteiger partial charge >= 0.3 is 0 Å². The number of hydrogen-bond acceptors (Lipinski definition) is 6. The van der Waals surface area contributed by atoms with E-state index in [9.17, 15) is 4.79 Å². The van der Waals surface area contributed by atoms with Gasteiger partial charge in [-0.25, -0.2) is 0 Å². The van der Waals surface area contributed by atoms with Crippen LogP contribution in [0, 0.1) is 0 Å². The number of carbonyl (C=O) groups excluding carboxylic acids is 1. The fourth-order valence-corrected chi connectivity index (χ4v) is 3.01. The first kappa shape index (κ1) is 13.4. The van der Waals surface area contributed by atoms with Crippen LogP contribution in [0.2, 0.25) is 0 Å². The molecule has 2 aromatic rings. The molecule has 1 aromatic heterocycles. The molecule has 2 N–H and O–H groups in total. The maximum Gasteiger partial charge on any atom is 0.238 e. The molecule has 1 amide bonds. The topological polar surface area (TPSA) is 70.2 Å². The van der Waals surface area contributed by atoms with Gasteiger partial charge in [0, 0.05) is 25.7 Å². The molecule has 0 radical (unpaired) electrons. The van der Waals surface area contributed by atoms with Gasteiger partial charge in [-0.15, -0.1) is 0 Å². The fraction of sp³-hybridized carbons (Fsp3) is 0.462. The molecule has 0 bridgehead atoms. The normalized spacial score (nSPS) is 20.1. The van der Waals surface area contributed by atoms with Gasteiger partial charge in [0.15, 0.2) is 0 Å². The third kappa shape index (κ3) is 2.95.